The van der Waals surface area contributed by atoms with Gasteiger partial charge in [-0.15, -0.1) is 0 Å². The maximum Gasteiger partial charge on any atom is 0.261 e. The summed E-state index contributed by atoms with van der Waals surface area (Å²) in [6, 6.07) is 18.3. The molecule has 0 aliphatic rings. The first-order valence-corrected chi connectivity index (χ1v) is 9.90. The van der Waals surface area contributed by atoms with Crippen LogP contribution in [0.1, 0.15) is 38.7 Å². The van der Waals surface area contributed by atoms with Gasteiger partial charge < -0.3 is 15.0 Å². The van der Waals surface area contributed by atoms with Crippen molar-refractivity contribution in [2.45, 2.75) is 45.7 Å². The summed E-state index contributed by atoms with van der Waals surface area (Å²) >= 11 is 0. The number of nitrogens with zero attached hydrogens (tertiary/aromatic N) is 1. The molecule has 0 bridgehead atoms. The van der Waals surface area contributed by atoms with E-state index in [4.69, 9.17) is 4.74 Å². The number of unbranched alkanes of at least 4 members (excludes halogenated alkanes) is 2. The smallest absolute Gasteiger partial charge is 0.261 e. The Morgan fingerprint density at radius 3 is 2.29 bits per heavy atom. The summed E-state index contributed by atoms with van der Waals surface area (Å²) in [5.74, 6) is 0.274. The number of hydrogen-bond acceptors (Lipinski definition) is 3. The molecule has 1 N–H and O–H groups in total. The van der Waals surface area contributed by atoms with Crippen LogP contribution in [0.5, 0.6) is 5.75 Å². The summed E-state index contributed by atoms with van der Waals surface area (Å²) in [5, 5.41) is 2.94. The number of carbonyl (C=O) groups is 2. The molecule has 2 aromatic carbocycles. The molecule has 5 nitrogen and oxygen atoms in total. The Kier molecular flexibility index (Phi) is 9.05. The third-order valence-electron chi connectivity index (χ3n) is 4.55. The molecule has 0 heterocycles. The average Bonchev–Trinajstić information content (AvgIpc) is 2.74. The van der Waals surface area contributed by atoms with Crippen LogP contribution in [-0.4, -0.2) is 35.9 Å². The fraction of sp³-hybridized carbons (Fsp3) is 0.391. The van der Waals surface area contributed by atoms with Crippen LogP contribution in [0.2, 0.25) is 0 Å². The van der Waals surface area contributed by atoms with Crippen molar-refractivity contribution < 1.29 is 14.3 Å². The fourth-order valence-electron chi connectivity index (χ4n) is 2.84. The van der Waals surface area contributed by atoms with Gasteiger partial charge in [0.25, 0.3) is 5.91 Å². The highest BCUT2D eigenvalue weighted by molar-refractivity contribution is 5.87. The molecule has 0 aromatic heterocycles. The monoisotopic (exact) mass is 382 g/mol. The molecule has 0 fully saturated rings. The molecule has 2 amide bonds. The zero-order valence-electron chi connectivity index (χ0n) is 16.8. The van der Waals surface area contributed by atoms with Crippen LogP contribution in [0.15, 0.2) is 60.7 Å². The van der Waals surface area contributed by atoms with Gasteiger partial charge >= 0.3 is 0 Å². The molecule has 0 aliphatic heterocycles. The number of nitrogens with one attached hydrogen (secondary N) is 1. The van der Waals surface area contributed by atoms with Crippen LogP contribution < -0.4 is 10.1 Å². The zero-order valence-corrected chi connectivity index (χ0v) is 16.8. The number of hydrogen-bond donors (Lipinski definition) is 1. The second kappa shape index (κ2) is 11.8. The predicted octanol–water partition coefficient (Wildman–Crippen LogP) is 3.79. The highest BCUT2D eigenvalue weighted by atomic mass is 16.5. The molecule has 0 saturated carbocycles. The van der Waals surface area contributed by atoms with Crippen LogP contribution in [0.4, 0.5) is 0 Å². The van der Waals surface area contributed by atoms with E-state index in [9.17, 15) is 9.59 Å². The van der Waals surface area contributed by atoms with Crippen molar-refractivity contribution in [1.29, 1.82) is 0 Å². The van der Waals surface area contributed by atoms with Gasteiger partial charge in [0.05, 0.1) is 0 Å². The third kappa shape index (κ3) is 7.06. The number of ether oxygens (including phenoxy) is 1. The van der Waals surface area contributed by atoms with E-state index < -0.39 is 6.04 Å². The first kappa shape index (κ1) is 21.5. The molecule has 1 atom stereocenters. The molecule has 150 valence electrons. The van der Waals surface area contributed by atoms with Gasteiger partial charge in [0, 0.05) is 13.1 Å². The van der Waals surface area contributed by atoms with Crippen LogP contribution in [0.3, 0.4) is 0 Å². The van der Waals surface area contributed by atoms with Crippen molar-refractivity contribution in [3.63, 3.8) is 0 Å². The summed E-state index contributed by atoms with van der Waals surface area (Å²) in [5.41, 5.74) is 0.973. The lowest BCUT2D eigenvalue weighted by Gasteiger charge is -2.28. The number of para-hydroxylation sites is 1. The first-order valence-electron chi connectivity index (χ1n) is 9.90. The van der Waals surface area contributed by atoms with Crippen molar-refractivity contribution in [3.8, 4) is 5.75 Å². The van der Waals surface area contributed by atoms with Gasteiger partial charge in [-0.25, -0.2) is 0 Å². The molecule has 2 rings (SSSR count). The quantitative estimate of drug-likeness (QED) is 0.602. The SMILES string of the molecule is CCCCCNC(=O)[C@@H](C)N(Cc1ccccc1)C(=O)COc1ccccc1. The summed E-state index contributed by atoms with van der Waals surface area (Å²) in [6.07, 6.45) is 3.12. The Morgan fingerprint density at radius 1 is 1.00 bits per heavy atom. The van der Waals surface area contributed by atoms with Gasteiger partial charge in [-0.1, -0.05) is 68.3 Å². The lowest BCUT2D eigenvalue weighted by Crippen LogP contribution is -2.49. The molecule has 5 heteroatoms. The molecule has 0 saturated heterocycles. The maximum atomic E-state index is 12.9. The van der Waals surface area contributed by atoms with E-state index in [2.05, 4.69) is 12.2 Å². The molecular formula is C23H30N2O3. The minimum atomic E-state index is -0.575. The minimum Gasteiger partial charge on any atom is -0.484 e. The van der Waals surface area contributed by atoms with E-state index in [1.54, 1.807) is 24.0 Å². The Balaban J connectivity index is 2.02. The maximum absolute atomic E-state index is 12.9. The normalized spacial score (nSPS) is 11.5. The van der Waals surface area contributed by atoms with Crippen molar-refractivity contribution >= 4 is 11.8 Å². The Morgan fingerprint density at radius 2 is 1.64 bits per heavy atom. The number of benzene rings is 2. The van der Waals surface area contributed by atoms with E-state index in [0.717, 1.165) is 24.8 Å². The summed E-state index contributed by atoms with van der Waals surface area (Å²) in [6.45, 7) is 4.77. The summed E-state index contributed by atoms with van der Waals surface area (Å²) < 4.78 is 5.61. The lowest BCUT2D eigenvalue weighted by atomic mass is 10.1. The Hall–Kier alpha value is -2.82. The van der Waals surface area contributed by atoms with Gasteiger partial charge in [0.1, 0.15) is 11.8 Å². The van der Waals surface area contributed by atoms with Crippen LogP contribution in [-0.2, 0) is 16.1 Å². The van der Waals surface area contributed by atoms with E-state index >= 15 is 0 Å². The topological polar surface area (TPSA) is 58.6 Å². The van der Waals surface area contributed by atoms with Crippen LogP contribution >= 0.6 is 0 Å². The Bertz CT molecular complexity index is 719. The third-order valence-corrected chi connectivity index (χ3v) is 4.55. The van der Waals surface area contributed by atoms with Crippen molar-refractivity contribution in [2.24, 2.45) is 0 Å². The lowest BCUT2D eigenvalue weighted by molar-refractivity contribution is -0.142. The largest absolute Gasteiger partial charge is 0.484 e. The van der Waals surface area contributed by atoms with E-state index in [1.807, 2.05) is 48.5 Å². The highest BCUT2D eigenvalue weighted by Gasteiger charge is 2.26. The van der Waals surface area contributed by atoms with Crippen LogP contribution in [0, 0.1) is 0 Å². The van der Waals surface area contributed by atoms with Crippen molar-refractivity contribution in [3.05, 3.63) is 66.2 Å². The van der Waals surface area contributed by atoms with Gasteiger partial charge in [0.2, 0.25) is 5.91 Å². The predicted molar refractivity (Wildman–Crippen MR) is 111 cm³/mol. The van der Waals surface area contributed by atoms with Gasteiger partial charge in [-0.3, -0.25) is 9.59 Å². The Labute approximate surface area is 167 Å². The highest BCUT2D eigenvalue weighted by Crippen LogP contribution is 2.12. The molecule has 0 spiro atoms. The summed E-state index contributed by atoms with van der Waals surface area (Å²) in [4.78, 5) is 27.0. The second-order valence-electron chi connectivity index (χ2n) is 6.78. The first-order chi connectivity index (χ1) is 13.6. The van der Waals surface area contributed by atoms with Crippen molar-refractivity contribution in [1.82, 2.24) is 10.2 Å². The minimum absolute atomic E-state index is 0.107. The molecule has 28 heavy (non-hydrogen) atoms. The van der Waals surface area contributed by atoms with Gasteiger partial charge in [-0.05, 0) is 31.0 Å². The molecule has 0 aliphatic carbocycles. The average molecular weight is 383 g/mol. The molecule has 2 aromatic rings. The number of rotatable bonds is 11. The molecule has 0 unspecified atom stereocenters. The van der Waals surface area contributed by atoms with E-state index in [1.165, 1.54) is 0 Å². The van der Waals surface area contributed by atoms with Gasteiger partial charge in [0.15, 0.2) is 6.61 Å². The van der Waals surface area contributed by atoms with E-state index in [0.29, 0.717) is 18.8 Å². The number of amides is 2. The van der Waals surface area contributed by atoms with Crippen molar-refractivity contribution in [2.75, 3.05) is 13.2 Å². The second-order valence-corrected chi connectivity index (χ2v) is 6.78. The molecule has 0 radical (unpaired) electrons. The fourth-order valence-corrected chi connectivity index (χ4v) is 2.84. The standard InChI is InChI=1S/C23H30N2O3/c1-3-4-11-16-24-23(27)19(2)25(17-20-12-7-5-8-13-20)22(26)18-28-21-14-9-6-10-15-21/h5-10,12-15,19H,3-4,11,16-18H2,1-2H3,(H,24,27)/t19-/m1/s1. The molecular weight excluding hydrogens is 352 g/mol. The van der Waals surface area contributed by atoms with Crippen LogP contribution in [0.25, 0.3) is 0 Å². The zero-order chi connectivity index (χ0) is 20.2. The summed E-state index contributed by atoms with van der Waals surface area (Å²) in [7, 11) is 0. The number of carbonyl (C=O) groups excluding carboxylic acids is 2. The van der Waals surface area contributed by atoms with Gasteiger partial charge in [-0.2, -0.15) is 0 Å². The van der Waals surface area contributed by atoms with E-state index in [-0.39, 0.29) is 18.4 Å².